The Bertz CT molecular complexity index is 762. The largest absolute Gasteiger partial charge is 0.142 e. The molecule has 3 aromatic rings. The highest BCUT2D eigenvalue weighted by Gasteiger charge is 2.17. The molecule has 0 fully saturated rings. The summed E-state index contributed by atoms with van der Waals surface area (Å²) in [6, 6.07) is 12.3. The van der Waals surface area contributed by atoms with Crippen LogP contribution in [0.5, 0.6) is 0 Å². The molecule has 20 heavy (non-hydrogen) atoms. The Morgan fingerprint density at radius 1 is 1.00 bits per heavy atom. The molecule has 0 aliphatic rings. The standard InChI is InChI=1S/C15H8Br3ClS/c16-9-4-8(5-10(17)6-9)14(19)12-7-20-15-11(12)2-1-3-13(15)18/h1-7,14H. The lowest BCUT2D eigenvalue weighted by Crippen LogP contribution is -1.92. The minimum absolute atomic E-state index is 0.160. The average Bonchev–Trinajstić information content (AvgIpc) is 2.82. The molecule has 0 N–H and O–H groups in total. The molecular weight excluding hydrogens is 487 g/mol. The number of hydrogen-bond donors (Lipinski definition) is 0. The van der Waals surface area contributed by atoms with E-state index in [1.807, 2.05) is 12.1 Å². The van der Waals surface area contributed by atoms with Crippen molar-refractivity contribution in [3.63, 3.8) is 0 Å². The van der Waals surface area contributed by atoms with Gasteiger partial charge in [0.2, 0.25) is 0 Å². The lowest BCUT2D eigenvalue weighted by molar-refractivity contribution is 1.16. The van der Waals surface area contributed by atoms with E-state index in [2.05, 4.69) is 77.4 Å². The van der Waals surface area contributed by atoms with E-state index in [0.29, 0.717) is 0 Å². The molecule has 3 rings (SSSR count). The Morgan fingerprint density at radius 2 is 1.70 bits per heavy atom. The molecule has 0 saturated carbocycles. The van der Waals surface area contributed by atoms with Gasteiger partial charge in [-0.3, -0.25) is 0 Å². The van der Waals surface area contributed by atoms with Crippen LogP contribution in [0, 0.1) is 0 Å². The topological polar surface area (TPSA) is 0 Å². The molecule has 0 radical (unpaired) electrons. The maximum atomic E-state index is 6.70. The fourth-order valence-electron chi connectivity index (χ4n) is 2.14. The van der Waals surface area contributed by atoms with E-state index in [9.17, 15) is 0 Å². The normalized spacial score (nSPS) is 12.8. The van der Waals surface area contributed by atoms with Crippen molar-refractivity contribution in [1.82, 2.24) is 0 Å². The maximum absolute atomic E-state index is 6.70. The summed E-state index contributed by atoms with van der Waals surface area (Å²) in [4.78, 5) is 0. The van der Waals surface area contributed by atoms with Gasteiger partial charge in [-0.2, -0.15) is 0 Å². The molecule has 2 aromatic carbocycles. The van der Waals surface area contributed by atoms with Crippen LogP contribution < -0.4 is 0 Å². The lowest BCUT2D eigenvalue weighted by atomic mass is 10.0. The van der Waals surface area contributed by atoms with Gasteiger partial charge in [0.15, 0.2) is 0 Å². The fourth-order valence-corrected chi connectivity index (χ4v) is 5.50. The summed E-state index contributed by atoms with van der Waals surface area (Å²) in [7, 11) is 0. The van der Waals surface area contributed by atoms with Gasteiger partial charge < -0.3 is 0 Å². The molecule has 0 nitrogen and oxygen atoms in total. The zero-order valence-electron chi connectivity index (χ0n) is 10.0. The van der Waals surface area contributed by atoms with E-state index < -0.39 is 0 Å². The van der Waals surface area contributed by atoms with Crippen molar-refractivity contribution in [3.8, 4) is 0 Å². The summed E-state index contributed by atoms with van der Waals surface area (Å²) in [5.74, 6) is 0. The Hall–Kier alpha value is 0.130. The third kappa shape index (κ3) is 2.86. The van der Waals surface area contributed by atoms with Crippen molar-refractivity contribution in [2.24, 2.45) is 0 Å². The molecule has 0 aliphatic heterocycles. The molecule has 1 heterocycles. The Morgan fingerprint density at radius 3 is 2.40 bits per heavy atom. The van der Waals surface area contributed by atoms with Gasteiger partial charge in [0, 0.05) is 18.1 Å². The van der Waals surface area contributed by atoms with Crippen LogP contribution in [0.25, 0.3) is 10.1 Å². The van der Waals surface area contributed by atoms with E-state index in [1.165, 1.54) is 10.1 Å². The van der Waals surface area contributed by atoms with Crippen LogP contribution in [0.3, 0.4) is 0 Å². The summed E-state index contributed by atoms with van der Waals surface area (Å²) >= 11 is 19.0. The minimum atomic E-state index is -0.160. The molecule has 1 unspecified atom stereocenters. The third-order valence-corrected chi connectivity index (χ3v) is 6.41. The first kappa shape index (κ1) is 15.0. The van der Waals surface area contributed by atoms with E-state index in [0.717, 1.165) is 24.5 Å². The second-order valence-electron chi connectivity index (χ2n) is 4.37. The highest BCUT2D eigenvalue weighted by molar-refractivity contribution is 9.11. The third-order valence-electron chi connectivity index (χ3n) is 3.03. The van der Waals surface area contributed by atoms with Crippen LogP contribution in [0.1, 0.15) is 16.5 Å². The van der Waals surface area contributed by atoms with Gasteiger partial charge in [0.05, 0.1) is 5.38 Å². The van der Waals surface area contributed by atoms with E-state index in [1.54, 1.807) is 11.3 Å². The van der Waals surface area contributed by atoms with E-state index >= 15 is 0 Å². The molecular formula is C15H8Br3ClS. The van der Waals surface area contributed by atoms with Crippen LogP contribution in [0.4, 0.5) is 0 Å². The predicted octanol–water partition coefficient (Wildman–Crippen LogP) is 7.52. The summed E-state index contributed by atoms with van der Waals surface area (Å²) in [6.07, 6.45) is 0. The number of halogens is 4. The second kappa shape index (κ2) is 6.09. The molecule has 0 aliphatic carbocycles. The molecule has 0 spiro atoms. The van der Waals surface area contributed by atoms with Gasteiger partial charge in [-0.1, -0.05) is 44.0 Å². The van der Waals surface area contributed by atoms with Crippen LogP contribution in [-0.2, 0) is 0 Å². The van der Waals surface area contributed by atoms with Gasteiger partial charge in [-0.25, -0.2) is 0 Å². The summed E-state index contributed by atoms with van der Waals surface area (Å²) in [6.45, 7) is 0. The van der Waals surface area contributed by atoms with Gasteiger partial charge in [0.25, 0.3) is 0 Å². The van der Waals surface area contributed by atoms with Crippen LogP contribution in [0.15, 0.2) is 55.2 Å². The van der Waals surface area contributed by atoms with Crippen molar-refractivity contribution >= 4 is 80.8 Å². The van der Waals surface area contributed by atoms with E-state index in [4.69, 9.17) is 11.6 Å². The monoisotopic (exact) mass is 492 g/mol. The number of rotatable bonds is 2. The first-order chi connectivity index (χ1) is 9.56. The van der Waals surface area contributed by atoms with Gasteiger partial charge in [-0.05, 0) is 62.1 Å². The molecule has 0 amide bonds. The Balaban J connectivity index is 2.13. The second-order valence-corrected chi connectivity index (χ2v) is 8.37. The lowest BCUT2D eigenvalue weighted by Gasteiger charge is -2.11. The van der Waals surface area contributed by atoms with Crippen molar-refractivity contribution in [2.75, 3.05) is 0 Å². The number of thiophene rings is 1. The number of benzene rings is 2. The quantitative estimate of drug-likeness (QED) is 0.323. The fraction of sp³-hybridized carbons (Fsp3) is 0.0667. The first-order valence-corrected chi connectivity index (χ1v) is 9.51. The smallest absolute Gasteiger partial charge is 0.0850 e. The Kier molecular flexibility index (Phi) is 4.58. The van der Waals surface area contributed by atoms with Crippen molar-refractivity contribution in [3.05, 3.63) is 66.3 Å². The highest BCUT2D eigenvalue weighted by Crippen LogP contribution is 2.41. The van der Waals surface area contributed by atoms with Crippen molar-refractivity contribution in [1.29, 1.82) is 0 Å². The van der Waals surface area contributed by atoms with Gasteiger partial charge in [0.1, 0.15) is 0 Å². The molecule has 0 saturated heterocycles. The summed E-state index contributed by atoms with van der Waals surface area (Å²) in [5.41, 5.74) is 2.23. The molecule has 5 heteroatoms. The number of fused-ring (bicyclic) bond motifs is 1. The van der Waals surface area contributed by atoms with Crippen LogP contribution in [0.2, 0.25) is 0 Å². The molecule has 1 atom stereocenters. The van der Waals surface area contributed by atoms with Crippen molar-refractivity contribution in [2.45, 2.75) is 5.38 Å². The zero-order chi connectivity index (χ0) is 14.3. The zero-order valence-corrected chi connectivity index (χ0v) is 16.4. The summed E-state index contributed by atoms with van der Waals surface area (Å²) < 4.78 is 4.40. The summed E-state index contributed by atoms with van der Waals surface area (Å²) in [5, 5.41) is 3.19. The van der Waals surface area contributed by atoms with Gasteiger partial charge in [-0.15, -0.1) is 22.9 Å². The first-order valence-electron chi connectivity index (χ1n) is 5.82. The van der Waals surface area contributed by atoms with Crippen LogP contribution >= 0.6 is 70.7 Å². The average molecular weight is 495 g/mol. The number of alkyl halides is 1. The van der Waals surface area contributed by atoms with Gasteiger partial charge >= 0.3 is 0 Å². The highest BCUT2D eigenvalue weighted by atomic mass is 79.9. The SMILES string of the molecule is ClC(c1cc(Br)cc(Br)c1)c1csc2c(Br)cccc12. The predicted molar refractivity (Wildman–Crippen MR) is 99.1 cm³/mol. The molecule has 0 bridgehead atoms. The van der Waals surface area contributed by atoms with Crippen LogP contribution in [-0.4, -0.2) is 0 Å². The maximum Gasteiger partial charge on any atom is 0.0850 e. The van der Waals surface area contributed by atoms with E-state index in [-0.39, 0.29) is 5.38 Å². The van der Waals surface area contributed by atoms with Crippen molar-refractivity contribution < 1.29 is 0 Å². The molecule has 1 aromatic heterocycles. The number of hydrogen-bond acceptors (Lipinski definition) is 1. The molecule has 102 valence electrons. The minimum Gasteiger partial charge on any atom is -0.142 e. The Labute approximate surface area is 151 Å².